The Bertz CT molecular complexity index is 3770. The summed E-state index contributed by atoms with van der Waals surface area (Å²) in [5.74, 6) is 2.36. The number of hydrogen-bond acceptors (Lipinski definition) is 1. The van der Waals surface area contributed by atoms with Gasteiger partial charge >= 0.3 is 0 Å². The van der Waals surface area contributed by atoms with E-state index in [0.29, 0.717) is 11.8 Å². The Morgan fingerprint density at radius 1 is 0.485 bits per heavy atom. The molecule has 5 nitrogen and oxygen atoms in total. The molecule has 12 rings (SSSR count). The van der Waals surface area contributed by atoms with Crippen molar-refractivity contribution >= 4 is 43.6 Å². The van der Waals surface area contributed by atoms with Crippen molar-refractivity contribution in [3.63, 3.8) is 0 Å². The molecule has 0 saturated heterocycles. The van der Waals surface area contributed by atoms with Gasteiger partial charge in [-0.1, -0.05) is 172 Å². The van der Waals surface area contributed by atoms with Crippen LogP contribution in [0.15, 0.2) is 201 Å². The summed E-state index contributed by atoms with van der Waals surface area (Å²) in [5.41, 5.74) is 16.6. The van der Waals surface area contributed by atoms with Crippen LogP contribution in [0.3, 0.4) is 0 Å². The zero-order valence-corrected chi connectivity index (χ0v) is 40.5. The third-order valence-electron chi connectivity index (χ3n) is 13.3. The fraction of sp³-hybridized carbons (Fsp3) is 0.0968. The Kier molecular flexibility index (Phi) is 11.1. The Morgan fingerprint density at radius 3 is 1.76 bits per heavy atom. The van der Waals surface area contributed by atoms with Crippen LogP contribution in [0.2, 0.25) is 0 Å². The summed E-state index contributed by atoms with van der Waals surface area (Å²) < 4.78 is 6.89. The van der Waals surface area contributed by atoms with Crippen LogP contribution in [0.5, 0.6) is 0 Å². The van der Waals surface area contributed by atoms with Crippen molar-refractivity contribution in [2.45, 2.75) is 39.5 Å². The molecule has 0 amide bonds. The minimum Gasteiger partial charge on any atom is -0.352 e. The molecule has 0 aliphatic heterocycles. The molecular weight excluding hydrogens is 1010 g/mol. The molecule has 0 radical (unpaired) electrons. The number of rotatable bonds is 9. The second-order valence-electron chi connectivity index (χ2n) is 18.1. The average molecular weight is 1060 g/mol. The summed E-state index contributed by atoms with van der Waals surface area (Å²) in [4.78, 5) is 10.0. The number of nitrogens with zero attached hydrogens (tertiary/aromatic N) is 5. The first kappa shape index (κ1) is 43.0. The van der Waals surface area contributed by atoms with Gasteiger partial charge in [-0.05, 0) is 97.1 Å². The van der Waals surface area contributed by atoms with Crippen molar-refractivity contribution in [1.82, 2.24) is 19.1 Å². The number of aromatic nitrogens is 5. The van der Waals surface area contributed by atoms with E-state index in [2.05, 4.69) is 242 Å². The second-order valence-corrected chi connectivity index (χ2v) is 18.1. The number of para-hydroxylation sites is 2. The molecule has 0 atom stereocenters. The average Bonchev–Trinajstić information content (AvgIpc) is 4.08. The number of benzene rings is 8. The van der Waals surface area contributed by atoms with Crippen LogP contribution in [0.4, 0.5) is 0 Å². The number of fused-ring (bicyclic) bond motifs is 6. The molecule has 332 valence electrons. The van der Waals surface area contributed by atoms with Gasteiger partial charge in [0, 0.05) is 56.4 Å². The summed E-state index contributed by atoms with van der Waals surface area (Å²) in [6.45, 7) is 9.07. The normalized spacial score (nSPS) is 11.7. The molecule has 0 aliphatic rings. The molecule has 68 heavy (non-hydrogen) atoms. The van der Waals surface area contributed by atoms with Crippen LogP contribution in [0.1, 0.15) is 50.7 Å². The molecule has 12 aromatic rings. The molecule has 0 saturated carbocycles. The van der Waals surface area contributed by atoms with Crippen molar-refractivity contribution in [3.8, 4) is 62.0 Å². The summed E-state index contributed by atoms with van der Waals surface area (Å²) in [6, 6.07) is 73.2. The van der Waals surface area contributed by atoms with Gasteiger partial charge in [0.1, 0.15) is 5.82 Å². The molecule has 0 unspecified atom stereocenters. The molecule has 4 heterocycles. The van der Waals surface area contributed by atoms with E-state index in [-0.39, 0.29) is 21.1 Å². The maximum absolute atomic E-state index is 5.04. The molecule has 0 fully saturated rings. The zero-order valence-electron chi connectivity index (χ0n) is 38.3. The van der Waals surface area contributed by atoms with E-state index in [0.717, 1.165) is 88.8 Å². The third kappa shape index (κ3) is 7.30. The Balaban J connectivity index is 0.00000507. The van der Waals surface area contributed by atoms with E-state index in [4.69, 9.17) is 9.97 Å². The number of imidazole rings is 1. The van der Waals surface area contributed by atoms with E-state index in [1.807, 2.05) is 12.4 Å². The Morgan fingerprint density at radius 2 is 1.06 bits per heavy atom. The fourth-order valence-electron chi connectivity index (χ4n) is 10.1. The molecule has 4 aromatic heterocycles. The van der Waals surface area contributed by atoms with E-state index in [1.165, 1.54) is 27.9 Å². The molecule has 0 N–H and O–H groups in total. The first-order valence-corrected chi connectivity index (χ1v) is 23.2. The largest absolute Gasteiger partial charge is 0.352 e. The molecule has 0 spiro atoms. The minimum atomic E-state index is 0. The molecule has 0 aliphatic carbocycles. The van der Waals surface area contributed by atoms with Crippen LogP contribution >= 0.6 is 0 Å². The summed E-state index contributed by atoms with van der Waals surface area (Å²) >= 11 is 0. The summed E-state index contributed by atoms with van der Waals surface area (Å²) in [5, 5.41) is 4.54. The standard InChI is InChI=1S/C62H47N5.Pt/c1-40(2)50-22-14-23-51(41(3)4)61(50)65-34-33-64-62(65)48-19-13-20-49(35-48)66-57-36-46(45-27-25-44(26-28-45)42-15-7-5-8-16-42)29-30-53(57)55-38-54-52-21-11-12-24-56(52)67(59(54)39-58(55)66)60-37-47(31-32-63-60)43-17-9-6-10-18-43;/h5-34,36-38,40-41H,1-4H3;/q-2;. The predicted molar refractivity (Wildman–Crippen MR) is 275 cm³/mol. The van der Waals surface area contributed by atoms with Gasteiger partial charge < -0.3 is 13.7 Å². The first-order chi connectivity index (χ1) is 32.9. The van der Waals surface area contributed by atoms with Crippen LogP contribution in [-0.4, -0.2) is 14.1 Å². The van der Waals surface area contributed by atoms with Crippen molar-refractivity contribution < 1.29 is 25.6 Å². The van der Waals surface area contributed by atoms with Gasteiger partial charge in [0.05, 0.1) is 5.82 Å². The number of pyridine rings is 1. The topological polar surface area (TPSA) is 40.7 Å². The molecule has 8 aromatic carbocycles. The van der Waals surface area contributed by atoms with Gasteiger partial charge in [-0.15, -0.1) is 46.7 Å². The Hall–Kier alpha value is -7.59. The fourth-order valence-corrected chi connectivity index (χ4v) is 10.1. The quantitative estimate of drug-likeness (QED) is 0.107. The van der Waals surface area contributed by atoms with Gasteiger partial charge in [-0.2, -0.15) is 6.07 Å². The van der Waals surface area contributed by atoms with Gasteiger partial charge in [0.15, 0.2) is 0 Å². The SMILES string of the molecule is CC(C)c1cccc(C(C)C)c1-[n+]1cc[n-]c1-c1[c-]c(-n2c3[c-]c4c(cc3c3ccc(-c5ccc(-c6ccccc6)cc5)cc32)c2ccccc2n4-c2cc(-c3ccccc3)ccn2)ccc1.[Pt]. The minimum absolute atomic E-state index is 0. The number of hydrogen-bond donors (Lipinski definition) is 0. The third-order valence-corrected chi connectivity index (χ3v) is 13.3. The monoisotopic (exact) mass is 1060 g/mol. The first-order valence-electron chi connectivity index (χ1n) is 23.2. The van der Waals surface area contributed by atoms with E-state index >= 15 is 0 Å². The molecular formula is C62H47N5Pt-2. The predicted octanol–water partition coefficient (Wildman–Crippen LogP) is 15.0. The van der Waals surface area contributed by atoms with E-state index in [9.17, 15) is 0 Å². The van der Waals surface area contributed by atoms with Crippen molar-refractivity contribution in [2.24, 2.45) is 0 Å². The maximum Gasteiger partial charge on any atom is 0.136 e. The summed E-state index contributed by atoms with van der Waals surface area (Å²) in [6.07, 6.45) is 5.93. The van der Waals surface area contributed by atoms with Crippen LogP contribution in [0.25, 0.3) is 106 Å². The smallest absolute Gasteiger partial charge is 0.136 e. The van der Waals surface area contributed by atoms with Crippen molar-refractivity contribution in [1.29, 1.82) is 0 Å². The van der Waals surface area contributed by atoms with Gasteiger partial charge in [-0.25, -0.2) is 4.98 Å². The van der Waals surface area contributed by atoms with Crippen LogP contribution in [-0.2, 0) is 21.1 Å². The Labute approximate surface area is 411 Å². The van der Waals surface area contributed by atoms with E-state index in [1.54, 1.807) is 0 Å². The van der Waals surface area contributed by atoms with Crippen molar-refractivity contribution in [3.05, 3.63) is 224 Å². The van der Waals surface area contributed by atoms with Gasteiger partial charge in [-0.3, -0.25) is 4.98 Å². The maximum atomic E-state index is 5.04. The van der Waals surface area contributed by atoms with Crippen LogP contribution in [0, 0.1) is 12.1 Å². The van der Waals surface area contributed by atoms with Crippen LogP contribution < -0.4 is 9.55 Å². The van der Waals surface area contributed by atoms with Gasteiger partial charge in [0.25, 0.3) is 0 Å². The molecule has 6 heteroatoms. The zero-order chi connectivity index (χ0) is 45.2. The van der Waals surface area contributed by atoms with Gasteiger partial charge in [0.2, 0.25) is 0 Å². The second kappa shape index (κ2) is 17.6. The van der Waals surface area contributed by atoms with Crippen molar-refractivity contribution in [2.75, 3.05) is 0 Å². The molecule has 0 bridgehead atoms. The van der Waals surface area contributed by atoms with E-state index < -0.39 is 0 Å². The summed E-state index contributed by atoms with van der Waals surface area (Å²) in [7, 11) is 0.